The summed E-state index contributed by atoms with van der Waals surface area (Å²) in [5.41, 5.74) is 0. The van der Waals surface area contributed by atoms with Crippen LogP contribution in [0.1, 0.15) is 89.9 Å². The number of carbonyl (C=O) groups excluding carboxylic acids is 2. The number of ether oxygens (including phenoxy) is 2. The van der Waals surface area contributed by atoms with Gasteiger partial charge in [0, 0.05) is 12.2 Å². The zero-order valence-corrected chi connectivity index (χ0v) is 16.5. The molecule has 0 aliphatic rings. The lowest BCUT2D eigenvalue weighted by atomic mass is 10.0. The minimum absolute atomic E-state index is 0.320. The van der Waals surface area contributed by atoms with E-state index >= 15 is 0 Å². The normalized spacial score (nSPS) is 10.3. The maximum Gasteiger partial charge on any atom is 0.330 e. The van der Waals surface area contributed by atoms with Crippen molar-refractivity contribution in [2.24, 2.45) is 0 Å². The number of rotatable bonds is 19. The first-order valence-corrected chi connectivity index (χ1v) is 10.3. The lowest BCUT2D eigenvalue weighted by Crippen LogP contribution is -2.01. The van der Waals surface area contributed by atoms with Gasteiger partial charge in [-0.2, -0.15) is 0 Å². The van der Waals surface area contributed by atoms with E-state index in [1.807, 2.05) is 0 Å². The minimum Gasteiger partial charge on any atom is -0.463 e. The van der Waals surface area contributed by atoms with Gasteiger partial charge in [-0.25, -0.2) is 9.59 Å². The molecular formula is C22H38O4. The molecule has 4 heteroatoms. The van der Waals surface area contributed by atoms with E-state index in [2.05, 4.69) is 13.2 Å². The molecule has 0 aliphatic carbocycles. The second-order valence-corrected chi connectivity index (χ2v) is 6.69. The molecule has 0 aliphatic heterocycles. The highest BCUT2D eigenvalue weighted by Gasteiger charge is 1.97. The molecule has 0 radical (unpaired) electrons. The summed E-state index contributed by atoms with van der Waals surface area (Å²) in [4.78, 5) is 21.7. The lowest BCUT2D eigenvalue weighted by Gasteiger charge is -2.04. The van der Waals surface area contributed by atoms with Crippen LogP contribution in [0.3, 0.4) is 0 Å². The molecule has 0 aromatic rings. The molecular weight excluding hydrogens is 328 g/mol. The second-order valence-electron chi connectivity index (χ2n) is 6.69. The van der Waals surface area contributed by atoms with Crippen molar-refractivity contribution < 1.29 is 19.1 Å². The van der Waals surface area contributed by atoms with Crippen LogP contribution in [0.25, 0.3) is 0 Å². The smallest absolute Gasteiger partial charge is 0.330 e. The fraction of sp³-hybridized carbons (Fsp3) is 0.727. The molecule has 0 rings (SSSR count). The Balaban J connectivity index is 3.07. The van der Waals surface area contributed by atoms with Crippen LogP contribution in [0.2, 0.25) is 0 Å². The third-order valence-corrected chi connectivity index (χ3v) is 4.36. The van der Waals surface area contributed by atoms with E-state index in [4.69, 9.17) is 9.47 Å². The molecule has 150 valence electrons. The predicted molar refractivity (Wildman–Crippen MR) is 107 cm³/mol. The largest absolute Gasteiger partial charge is 0.463 e. The average Bonchev–Trinajstić information content (AvgIpc) is 2.66. The second kappa shape index (κ2) is 19.7. The van der Waals surface area contributed by atoms with E-state index in [0.29, 0.717) is 13.2 Å². The molecule has 0 aromatic heterocycles. The van der Waals surface area contributed by atoms with Crippen LogP contribution >= 0.6 is 0 Å². The maximum absolute atomic E-state index is 10.8. The van der Waals surface area contributed by atoms with Crippen LogP contribution in [0, 0.1) is 0 Å². The maximum atomic E-state index is 10.8. The van der Waals surface area contributed by atoms with Crippen molar-refractivity contribution in [2.75, 3.05) is 13.2 Å². The van der Waals surface area contributed by atoms with Gasteiger partial charge in [0.1, 0.15) is 0 Å². The first-order valence-electron chi connectivity index (χ1n) is 10.3. The Kier molecular flexibility index (Phi) is 18.5. The summed E-state index contributed by atoms with van der Waals surface area (Å²) in [5.74, 6) is -0.641. The summed E-state index contributed by atoms with van der Waals surface area (Å²) in [6.45, 7) is 7.78. The molecule has 0 saturated carbocycles. The van der Waals surface area contributed by atoms with Gasteiger partial charge < -0.3 is 9.47 Å². The molecule has 0 spiro atoms. The van der Waals surface area contributed by atoms with Crippen molar-refractivity contribution in [1.29, 1.82) is 0 Å². The van der Waals surface area contributed by atoms with Gasteiger partial charge in [-0.3, -0.25) is 0 Å². The summed E-state index contributed by atoms with van der Waals surface area (Å²) in [6.07, 6.45) is 19.6. The van der Waals surface area contributed by atoms with Gasteiger partial charge in [0.2, 0.25) is 0 Å². The van der Waals surface area contributed by atoms with E-state index in [9.17, 15) is 9.59 Å². The number of hydrogen-bond donors (Lipinski definition) is 0. The quantitative estimate of drug-likeness (QED) is 0.162. The van der Waals surface area contributed by atoms with Gasteiger partial charge in [0.15, 0.2) is 0 Å². The van der Waals surface area contributed by atoms with E-state index in [1.54, 1.807) is 0 Å². The van der Waals surface area contributed by atoms with Gasteiger partial charge >= 0.3 is 11.9 Å². The zero-order chi connectivity index (χ0) is 19.3. The van der Waals surface area contributed by atoms with E-state index in [1.165, 1.54) is 76.4 Å². The van der Waals surface area contributed by atoms with Gasteiger partial charge in [0.25, 0.3) is 0 Å². The first kappa shape index (κ1) is 24.4. The number of hydrogen-bond acceptors (Lipinski definition) is 4. The highest BCUT2D eigenvalue weighted by atomic mass is 16.5. The molecule has 26 heavy (non-hydrogen) atoms. The van der Waals surface area contributed by atoms with Crippen LogP contribution in [-0.2, 0) is 19.1 Å². The molecule has 0 unspecified atom stereocenters. The summed E-state index contributed by atoms with van der Waals surface area (Å²) in [6, 6.07) is 0. The first-order chi connectivity index (χ1) is 12.7. The molecule has 0 bridgehead atoms. The van der Waals surface area contributed by atoms with Gasteiger partial charge in [-0.1, -0.05) is 90.2 Å². The minimum atomic E-state index is -0.320. The Morgan fingerprint density at radius 3 is 0.962 bits per heavy atom. The Hall–Kier alpha value is -1.58. The van der Waals surface area contributed by atoms with Crippen molar-refractivity contribution in [3.05, 3.63) is 25.3 Å². The fourth-order valence-corrected chi connectivity index (χ4v) is 2.79. The van der Waals surface area contributed by atoms with E-state index in [-0.39, 0.29) is 11.9 Å². The Bertz CT molecular complexity index is 340. The summed E-state index contributed by atoms with van der Waals surface area (Å²) in [5, 5.41) is 0. The molecule has 0 aromatic carbocycles. The predicted octanol–water partition coefficient (Wildman–Crippen LogP) is 5.91. The number of carbonyl (C=O) groups is 2. The molecule has 4 nitrogen and oxygen atoms in total. The highest BCUT2D eigenvalue weighted by molar-refractivity contribution is 5.81. The van der Waals surface area contributed by atoms with Gasteiger partial charge in [-0.15, -0.1) is 0 Å². The van der Waals surface area contributed by atoms with E-state index < -0.39 is 0 Å². The summed E-state index contributed by atoms with van der Waals surface area (Å²) < 4.78 is 9.89. The summed E-state index contributed by atoms with van der Waals surface area (Å²) in [7, 11) is 0. The van der Waals surface area contributed by atoms with Crippen molar-refractivity contribution in [3.63, 3.8) is 0 Å². The third-order valence-electron chi connectivity index (χ3n) is 4.36. The third kappa shape index (κ3) is 18.8. The van der Waals surface area contributed by atoms with Crippen LogP contribution < -0.4 is 0 Å². The molecule has 0 amide bonds. The van der Waals surface area contributed by atoms with Crippen LogP contribution in [-0.4, -0.2) is 25.2 Å². The number of esters is 2. The fourth-order valence-electron chi connectivity index (χ4n) is 2.79. The Morgan fingerprint density at radius 1 is 0.500 bits per heavy atom. The molecule has 0 fully saturated rings. The molecule has 0 N–H and O–H groups in total. The van der Waals surface area contributed by atoms with Crippen molar-refractivity contribution in [1.82, 2.24) is 0 Å². The van der Waals surface area contributed by atoms with Gasteiger partial charge in [0.05, 0.1) is 13.2 Å². The standard InChI is InChI=1S/C22H38O4/c1-3-21(23)25-19-17-15-13-11-9-7-5-6-8-10-12-14-16-18-20-26-22(24)4-2/h3-4H,1-2,5-20H2. The Morgan fingerprint density at radius 2 is 0.731 bits per heavy atom. The molecule has 0 heterocycles. The van der Waals surface area contributed by atoms with Crippen LogP contribution in [0.4, 0.5) is 0 Å². The number of unbranched alkanes of at least 4 members (excludes halogenated alkanes) is 13. The van der Waals surface area contributed by atoms with Crippen molar-refractivity contribution >= 4 is 11.9 Å². The van der Waals surface area contributed by atoms with Crippen LogP contribution in [0.15, 0.2) is 25.3 Å². The van der Waals surface area contributed by atoms with E-state index in [0.717, 1.165) is 25.7 Å². The molecule has 0 saturated heterocycles. The lowest BCUT2D eigenvalue weighted by molar-refractivity contribution is -0.138. The van der Waals surface area contributed by atoms with Crippen molar-refractivity contribution in [2.45, 2.75) is 89.9 Å². The van der Waals surface area contributed by atoms with Crippen molar-refractivity contribution in [3.8, 4) is 0 Å². The topological polar surface area (TPSA) is 52.6 Å². The average molecular weight is 367 g/mol. The monoisotopic (exact) mass is 366 g/mol. The SMILES string of the molecule is C=CC(=O)OCCCCCCCCCCCCCCCCOC(=O)C=C. The molecule has 0 atom stereocenters. The van der Waals surface area contributed by atoms with Crippen LogP contribution in [0.5, 0.6) is 0 Å². The van der Waals surface area contributed by atoms with Gasteiger partial charge in [-0.05, 0) is 12.8 Å². The highest BCUT2D eigenvalue weighted by Crippen LogP contribution is 2.13. The Labute approximate surface area is 160 Å². The zero-order valence-electron chi connectivity index (χ0n) is 16.5. The summed E-state index contributed by atoms with van der Waals surface area (Å²) >= 11 is 0.